The number of hydrogen-bond donors (Lipinski definition) is 2. The Morgan fingerprint density at radius 3 is 2.44 bits per heavy atom. The first-order valence-corrected chi connectivity index (χ1v) is 5.18. The second kappa shape index (κ2) is 6.15. The van der Waals surface area contributed by atoms with Crippen molar-refractivity contribution >= 4 is 11.5 Å². The zero-order valence-corrected chi connectivity index (χ0v) is 10.2. The normalized spacial score (nSPS) is 11.7. The topological polar surface area (TPSA) is 71.1 Å². The van der Waals surface area contributed by atoms with Gasteiger partial charge in [-0.05, 0) is 12.1 Å². The number of oxime groups is 1. The highest BCUT2D eigenvalue weighted by molar-refractivity contribution is 5.97. The Hall–Kier alpha value is -1.89. The zero-order valence-electron chi connectivity index (χ0n) is 10.2. The molecule has 5 nitrogen and oxygen atoms in total. The summed E-state index contributed by atoms with van der Waals surface area (Å²) in [6.07, 6.45) is 0. The molecule has 0 aliphatic heterocycles. The number of halogens is 2. The van der Waals surface area contributed by atoms with Crippen molar-refractivity contribution in [3.63, 3.8) is 0 Å². The monoisotopic (exact) mass is 259 g/mol. The molecule has 3 N–H and O–H groups in total. The molecule has 0 aliphatic carbocycles. The predicted molar refractivity (Wildman–Crippen MR) is 64.0 cm³/mol. The van der Waals surface area contributed by atoms with E-state index in [4.69, 9.17) is 15.7 Å². The van der Waals surface area contributed by atoms with E-state index in [1.54, 1.807) is 7.05 Å². The Bertz CT molecular complexity index is 429. The van der Waals surface area contributed by atoms with Crippen LogP contribution in [0.2, 0.25) is 0 Å². The van der Waals surface area contributed by atoms with Gasteiger partial charge in [0.1, 0.15) is 17.3 Å². The Balaban J connectivity index is 3.08. The lowest BCUT2D eigenvalue weighted by Gasteiger charge is -2.20. The Morgan fingerprint density at radius 2 is 2.00 bits per heavy atom. The van der Waals surface area contributed by atoms with Gasteiger partial charge in [-0.25, -0.2) is 8.78 Å². The van der Waals surface area contributed by atoms with E-state index < -0.39 is 11.6 Å². The standard InChI is InChI=1S/C11H15F2N3O2/c1-16(3-4-18-2)10-8(12)5-7(6-9(10)13)11(14)15-17/h5-6,17H,3-4H2,1-2H3,(H2,14,15). The molecule has 0 saturated heterocycles. The van der Waals surface area contributed by atoms with Gasteiger partial charge in [0.2, 0.25) is 0 Å². The van der Waals surface area contributed by atoms with Crippen molar-refractivity contribution in [3.05, 3.63) is 29.3 Å². The fourth-order valence-corrected chi connectivity index (χ4v) is 1.48. The van der Waals surface area contributed by atoms with Crippen molar-refractivity contribution in [2.75, 3.05) is 32.2 Å². The number of nitrogens with two attached hydrogens (primary N) is 1. The van der Waals surface area contributed by atoms with E-state index in [9.17, 15) is 8.78 Å². The number of amidine groups is 1. The van der Waals surface area contributed by atoms with E-state index in [1.807, 2.05) is 0 Å². The summed E-state index contributed by atoms with van der Waals surface area (Å²) in [5.41, 5.74) is 5.08. The van der Waals surface area contributed by atoms with Gasteiger partial charge in [-0.2, -0.15) is 0 Å². The SMILES string of the molecule is COCCN(C)c1c(F)cc(C(N)=NO)cc1F. The molecule has 7 heteroatoms. The van der Waals surface area contributed by atoms with Crippen LogP contribution in [0, 0.1) is 11.6 Å². The lowest BCUT2D eigenvalue weighted by atomic mass is 10.1. The quantitative estimate of drug-likeness (QED) is 0.360. The largest absolute Gasteiger partial charge is 0.409 e. The minimum Gasteiger partial charge on any atom is -0.409 e. The van der Waals surface area contributed by atoms with Crippen LogP contribution in [0.4, 0.5) is 14.5 Å². The summed E-state index contributed by atoms with van der Waals surface area (Å²) in [4.78, 5) is 1.39. The third-order valence-electron chi connectivity index (χ3n) is 2.43. The molecule has 100 valence electrons. The molecule has 0 fully saturated rings. The van der Waals surface area contributed by atoms with E-state index in [2.05, 4.69) is 5.16 Å². The van der Waals surface area contributed by atoms with Crippen LogP contribution in [0.15, 0.2) is 17.3 Å². The van der Waals surface area contributed by atoms with Crippen LogP contribution in [-0.2, 0) is 4.74 Å². The van der Waals surface area contributed by atoms with Crippen LogP contribution in [0.5, 0.6) is 0 Å². The number of ether oxygens (including phenoxy) is 1. The van der Waals surface area contributed by atoms with Gasteiger partial charge in [0.25, 0.3) is 0 Å². The summed E-state index contributed by atoms with van der Waals surface area (Å²) in [6.45, 7) is 0.685. The molecule has 0 heterocycles. The second-order valence-electron chi connectivity index (χ2n) is 3.69. The highest BCUT2D eigenvalue weighted by Gasteiger charge is 2.16. The van der Waals surface area contributed by atoms with Crippen molar-refractivity contribution in [1.82, 2.24) is 0 Å². The van der Waals surface area contributed by atoms with Gasteiger partial charge in [-0.1, -0.05) is 5.16 Å². The average molecular weight is 259 g/mol. The van der Waals surface area contributed by atoms with E-state index in [-0.39, 0.29) is 17.1 Å². The van der Waals surface area contributed by atoms with Gasteiger partial charge in [0.15, 0.2) is 5.84 Å². The maximum absolute atomic E-state index is 13.8. The van der Waals surface area contributed by atoms with E-state index in [1.165, 1.54) is 12.0 Å². The first-order valence-electron chi connectivity index (χ1n) is 5.18. The van der Waals surface area contributed by atoms with E-state index in [0.717, 1.165) is 12.1 Å². The van der Waals surface area contributed by atoms with Crippen LogP contribution in [0.1, 0.15) is 5.56 Å². The van der Waals surface area contributed by atoms with Crippen molar-refractivity contribution in [3.8, 4) is 0 Å². The molecular formula is C11H15F2N3O2. The molecule has 1 aromatic carbocycles. The molecule has 0 aromatic heterocycles. The molecule has 0 bridgehead atoms. The number of benzene rings is 1. The fourth-order valence-electron chi connectivity index (χ4n) is 1.48. The molecular weight excluding hydrogens is 244 g/mol. The van der Waals surface area contributed by atoms with Crippen molar-refractivity contribution < 1.29 is 18.7 Å². The van der Waals surface area contributed by atoms with Gasteiger partial charge >= 0.3 is 0 Å². The Labute approximate surface area is 103 Å². The van der Waals surface area contributed by atoms with Crippen LogP contribution in [0.25, 0.3) is 0 Å². The summed E-state index contributed by atoms with van der Waals surface area (Å²) < 4.78 is 32.4. The number of anilines is 1. The van der Waals surface area contributed by atoms with Gasteiger partial charge < -0.3 is 20.6 Å². The second-order valence-corrected chi connectivity index (χ2v) is 3.69. The number of hydrogen-bond acceptors (Lipinski definition) is 4. The van der Waals surface area contributed by atoms with Gasteiger partial charge in [0.05, 0.1) is 6.61 Å². The first-order chi connectivity index (χ1) is 8.51. The molecule has 0 radical (unpaired) electrons. The maximum Gasteiger partial charge on any atom is 0.170 e. The van der Waals surface area contributed by atoms with E-state index >= 15 is 0 Å². The summed E-state index contributed by atoms with van der Waals surface area (Å²) in [7, 11) is 3.05. The van der Waals surface area contributed by atoms with Crippen LogP contribution < -0.4 is 10.6 Å². The lowest BCUT2D eigenvalue weighted by molar-refractivity contribution is 0.206. The van der Waals surface area contributed by atoms with E-state index in [0.29, 0.717) is 13.2 Å². The first kappa shape index (κ1) is 14.2. The van der Waals surface area contributed by atoms with Gasteiger partial charge in [-0.3, -0.25) is 0 Å². The summed E-state index contributed by atoms with van der Waals surface area (Å²) in [5.74, 6) is -1.91. The van der Waals surface area contributed by atoms with Crippen LogP contribution in [0.3, 0.4) is 0 Å². The zero-order chi connectivity index (χ0) is 13.7. The average Bonchev–Trinajstić information content (AvgIpc) is 2.34. The molecule has 1 aromatic rings. The van der Waals surface area contributed by atoms with Crippen LogP contribution in [-0.4, -0.2) is 38.4 Å². The van der Waals surface area contributed by atoms with Crippen LogP contribution >= 0.6 is 0 Å². The summed E-state index contributed by atoms with van der Waals surface area (Å²) in [5, 5.41) is 11.1. The van der Waals surface area contributed by atoms with Crippen molar-refractivity contribution in [2.24, 2.45) is 10.9 Å². The molecule has 0 spiro atoms. The van der Waals surface area contributed by atoms with Gasteiger partial charge in [-0.15, -0.1) is 0 Å². The molecule has 0 atom stereocenters. The van der Waals surface area contributed by atoms with Crippen molar-refractivity contribution in [2.45, 2.75) is 0 Å². The minimum atomic E-state index is -0.782. The Morgan fingerprint density at radius 1 is 1.44 bits per heavy atom. The summed E-state index contributed by atoms with van der Waals surface area (Å²) in [6, 6.07) is 2.02. The number of nitrogens with zero attached hydrogens (tertiary/aromatic N) is 2. The Kier molecular flexibility index (Phi) is 4.85. The maximum atomic E-state index is 13.8. The van der Waals surface area contributed by atoms with Crippen molar-refractivity contribution in [1.29, 1.82) is 0 Å². The molecule has 0 amide bonds. The molecule has 18 heavy (non-hydrogen) atoms. The third-order valence-corrected chi connectivity index (χ3v) is 2.43. The number of likely N-dealkylation sites (N-methyl/N-ethyl adjacent to an activating group) is 1. The number of methoxy groups -OCH3 is 1. The fraction of sp³-hybridized carbons (Fsp3) is 0.364. The lowest BCUT2D eigenvalue weighted by Crippen LogP contribution is -2.25. The minimum absolute atomic E-state index is 0.0172. The number of rotatable bonds is 5. The molecule has 0 saturated carbocycles. The molecule has 0 aliphatic rings. The highest BCUT2D eigenvalue weighted by Crippen LogP contribution is 2.23. The highest BCUT2D eigenvalue weighted by atomic mass is 19.1. The molecule has 1 rings (SSSR count). The smallest absolute Gasteiger partial charge is 0.170 e. The summed E-state index contributed by atoms with van der Waals surface area (Å²) >= 11 is 0. The molecule has 0 unspecified atom stereocenters. The predicted octanol–water partition coefficient (Wildman–Crippen LogP) is 1.14. The van der Waals surface area contributed by atoms with Gasteiger partial charge in [0, 0.05) is 26.3 Å². The third kappa shape index (κ3) is 3.07.